The number of anilines is 1. The van der Waals surface area contributed by atoms with E-state index in [0.29, 0.717) is 6.04 Å². The van der Waals surface area contributed by atoms with Gasteiger partial charge in [-0.25, -0.2) is 0 Å². The van der Waals surface area contributed by atoms with E-state index in [1.54, 1.807) is 6.20 Å². The number of nitrogens with zero attached hydrogens (tertiary/aromatic N) is 1. The lowest BCUT2D eigenvalue weighted by atomic mass is 10.2. The van der Waals surface area contributed by atoms with Gasteiger partial charge in [0.05, 0.1) is 17.3 Å². The van der Waals surface area contributed by atoms with Crippen LogP contribution in [0.15, 0.2) is 48.8 Å². The molecule has 2 nitrogen and oxygen atoms in total. The molecule has 1 rings (SSSR count). The largest absolute Gasteiger partial charge is 0.364 e. The molecule has 0 aliphatic rings. The van der Waals surface area contributed by atoms with Crippen LogP contribution in [0, 0.1) is 0 Å². The topological polar surface area (TPSA) is 15.3 Å². The molecule has 0 unspecified atom stereocenters. The van der Waals surface area contributed by atoms with E-state index in [4.69, 9.17) is 11.6 Å². The van der Waals surface area contributed by atoms with Gasteiger partial charge in [-0.2, -0.15) is 0 Å². The number of hydrogen-bond acceptors (Lipinski definition) is 2. The molecule has 0 spiro atoms. The summed E-state index contributed by atoms with van der Waals surface area (Å²) in [5.41, 5.74) is 2.16. The lowest BCUT2D eigenvalue weighted by molar-refractivity contribution is 0.699. The van der Waals surface area contributed by atoms with Crippen molar-refractivity contribution in [1.82, 2.24) is 5.32 Å². The highest BCUT2D eigenvalue weighted by Crippen LogP contribution is 2.27. The predicted molar refractivity (Wildman–Crippen MR) is 81.0 cm³/mol. The molecule has 1 aromatic carbocycles. The summed E-state index contributed by atoms with van der Waals surface area (Å²) in [4.78, 5) is 2.26. The van der Waals surface area contributed by atoms with Gasteiger partial charge in [0.25, 0.3) is 0 Å². The summed E-state index contributed by atoms with van der Waals surface area (Å²) in [6.07, 6.45) is 3.74. The minimum absolute atomic E-state index is 0.367. The Balaban J connectivity index is 2.97. The summed E-state index contributed by atoms with van der Waals surface area (Å²) < 4.78 is 0. The van der Waals surface area contributed by atoms with Gasteiger partial charge in [0.1, 0.15) is 0 Å². The minimum atomic E-state index is 0.367. The van der Waals surface area contributed by atoms with Crippen LogP contribution in [0.5, 0.6) is 0 Å². The number of para-hydroxylation sites is 1. The number of halogens is 1. The smallest absolute Gasteiger partial charge is 0.0639 e. The number of nitrogens with one attached hydrogen (secondary N) is 1. The van der Waals surface area contributed by atoms with Gasteiger partial charge in [-0.3, -0.25) is 0 Å². The Morgan fingerprint density at radius 2 is 2.11 bits per heavy atom. The highest BCUT2D eigenvalue weighted by atomic mass is 35.5. The first-order valence-corrected chi connectivity index (χ1v) is 6.51. The van der Waals surface area contributed by atoms with Crippen LogP contribution in [-0.2, 0) is 0 Å². The standard InChI is InChI=1S/C15H21ClN2/c1-5-13(17-6-2)11-18(12(3)4)15-10-8-7-9-14(15)16/h5-10,12,17H,2,11H2,1,3-4H3/b13-5-. The first-order chi connectivity index (χ1) is 8.60. The van der Waals surface area contributed by atoms with Crippen molar-refractivity contribution in [2.24, 2.45) is 0 Å². The van der Waals surface area contributed by atoms with E-state index in [0.717, 1.165) is 23.0 Å². The first-order valence-electron chi connectivity index (χ1n) is 6.14. The molecule has 0 aliphatic carbocycles. The molecule has 1 aromatic rings. The average Bonchev–Trinajstić information content (AvgIpc) is 2.35. The van der Waals surface area contributed by atoms with Gasteiger partial charge in [-0.15, -0.1) is 0 Å². The maximum Gasteiger partial charge on any atom is 0.0639 e. The van der Waals surface area contributed by atoms with Gasteiger partial charge in [-0.1, -0.05) is 36.4 Å². The lowest BCUT2D eigenvalue weighted by Crippen LogP contribution is -2.35. The maximum absolute atomic E-state index is 6.27. The van der Waals surface area contributed by atoms with Gasteiger partial charge < -0.3 is 10.2 Å². The van der Waals surface area contributed by atoms with Crippen LogP contribution in [0.25, 0.3) is 0 Å². The molecule has 0 saturated heterocycles. The third-order valence-corrected chi connectivity index (χ3v) is 3.08. The highest BCUT2D eigenvalue weighted by molar-refractivity contribution is 6.33. The van der Waals surface area contributed by atoms with Crippen molar-refractivity contribution in [3.63, 3.8) is 0 Å². The van der Waals surface area contributed by atoms with Crippen molar-refractivity contribution in [2.75, 3.05) is 11.4 Å². The molecule has 0 saturated carbocycles. The SMILES string of the molecule is C=CN/C(=C\C)CN(c1ccccc1Cl)C(C)C. The fourth-order valence-electron chi connectivity index (χ4n) is 1.77. The van der Waals surface area contributed by atoms with Crippen LogP contribution in [-0.4, -0.2) is 12.6 Å². The summed E-state index contributed by atoms with van der Waals surface area (Å²) in [7, 11) is 0. The third-order valence-electron chi connectivity index (χ3n) is 2.76. The fraction of sp³-hybridized carbons (Fsp3) is 0.333. The molecular weight excluding hydrogens is 244 g/mol. The Hall–Kier alpha value is -1.41. The van der Waals surface area contributed by atoms with Crippen LogP contribution < -0.4 is 10.2 Å². The van der Waals surface area contributed by atoms with Crippen LogP contribution in [0.1, 0.15) is 20.8 Å². The zero-order chi connectivity index (χ0) is 13.5. The van der Waals surface area contributed by atoms with Gasteiger partial charge in [-0.05, 0) is 39.1 Å². The molecule has 98 valence electrons. The summed E-state index contributed by atoms with van der Waals surface area (Å²) in [6.45, 7) is 10.8. The summed E-state index contributed by atoms with van der Waals surface area (Å²) in [6, 6.07) is 8.29. The molecule has 0 heterocycles. The van der Waals surface area contributed by atoms with Crippen LogP contribution in [0.2, 0.25) is 5.02 Å². The van der Waals surface area contributed by atoms with Gasteiger partial charge >= 0.3 is 0 Å². The van der Waals surface area contributed by atoms with E-state index < -0.39 is 0 Å². The Morgan fingerprint density at radius 1 is 1.44 bits per heavy atom. The quantitative estimate of drug-likeness (QED) is 0.829. The Morgan fingerprint density at radius 3 is 2.61 bits per heavy atom. The van der Waals surface area contributed by atoms with Crippen LogP contribution >= 0.6 is 11.6 Å². The zero-order valence-electron chi connectivity index (χ0n) is 11.3. The number of hydrogen-bond donors (Lipinski definition) is 1. The van der Waals surface area contributed by atoms with Gasteiger partial charge in [0.2, 0.25) is 0 Å². The molecule has 0 fully saturated rings. The normalized spacial score (nSPS) is 11.5. The summed E-state index contributed by atoms with van der Waals surface area (Å²) in [5, 5.41) is 3.93. The van der Waals surface area contributed by atoms with Crippen molar-refractivity contribution in [3.8, 4) is 0 Å². The van der Waals surface area contributed by atoms with Crippen LogP contribution in [0.4, 0.5) is 5.69 Å². The maximum atomic E-state index is 6.27. The molecule has 0 radical (unpaired) electrons. The van der Waals surface area contributed by atoms with E-state index in [2.05, 4.69) is 30.6 Å². The van der Waals surface area contributed by atoms with Gasteiger partial charge in [0.15, 0.2) is 0 Å². The number of benzene rings is 1. The second kappa shape index (κ2) is 7.12. The Labute approximate surface area is 115 Å². The van der Waals surface area contributed by atoms with E-state index in [9.17, 15) is 0 Å². The highest BCUT2D eigenvalue weighted by Gasteiger charge is 2.14. The molecule has 0 aliphatic heterocycles. The van der Waals surface area contributed by atoms with E-state index in [1.807, 2.05) is 37.3 Å². The number of allylic oxidation sites excluding steroid dienone is 1. The third kappa shape index (κ3) is 3.81. The molecule has 0 aromatic heterocycles. The predicted octanol–water partition coefficient (Wildman–Crippen LogP) is 4.19. The average molecular weight is 265 g/mol. The minimum Gasteiger partial charge on any atom is -0.364 e. The molecule has 3 heteroatoms. The Kier molecular flexibility index (Phi) is 5.79. The summed E-state index contributed by atoms with van der Waals surface area (Å²) in [5.74, 6) is 0. The van der Waals surface area contributed by atoms with Crippen molar-refractivity contribution < 1.29 is 0 Å². The first kappa shape index (κ1) is 14.7. The van der Waals surface area contributed by atoms with Crippen molar-refractivity contribution in [3.05, 3.63) is 53.8 Å². The van der Waals surface area contributed by atoms with Gasteiger partial charge in [0, 0.05) is 11.7 Å². The lowest BCUT2D eigenvalue weighted by Gasteiger charge is -2.30. The monoisotopic (exact) mass is 264 g/mol. The second-order valence-electron chi connectivity index (χ2n) is 4.34. The van der Waals surface area contributed by atoms with E-state index in [1.165, 1.54) is 0 Å². The molecule has 1 N–H and O–H groups in total. The van der Waals surface area contributed by atoms with Crippen LogP contribution in [0.3, 0.4) is 0 Å². The van der Waals surface area contributed by atoms with Crippen molar-refractivity contribution in [1.29, 1.82) is 0 Å². The van der Waals surface area contributed by atoms with E-state index in [-0.39, 0.29) is 0 Å². The summed E-state index contributed by atoms with van der Waals surface area (Å²) >= 11 is 6.27. The van der Waals surface area contributed by atoms with Crippen molar-refractivity contribution >= 4 is 17.3 Å². The Bertz CT molecular complexity index is 424. The molecule has 18 heavy (non-hydrogen) atoms. The molecule has 0 atom stereocenters. The van der Waals surface area contributed by atoms with E-state index >= 15 is 0 Å². The van der Waals surface area contributed by atoms with Crippen molar-refractivity contribution in [2.45, 2.75) is 26.8 Å². The number of rotatable bonds is 6. The molecular formula is C15H21ClN2. The zero-order valence-corrected chi connectivity index (χ0v) is 12.0. The second-order valence-corrected chi connectivity index (χ2v) is 4.74. The molecule has 0 amide bonds. The fourth-order valence-corrected chi connectivity index (χ4v) is 2.01. The molecule has 0 bridgehead atoms.